The summed E-state index contributed by atoms with van der Waals surface area (Å²) in [5.74, 6) is 0.0588. The second kappa shape index (κ2) is 6.24. The van der Waals surface area contributed by atoms with Crippen LogP contribution in [0, 0.1) is 11.3 Å². The number of fused-ring (bicyclic) bond motifs is 1. The third-order valence-corrected chi connectivity index (χ3v) is 4.45. The Bertz CT molecular complexity index is 969. The number of nitrogens with one attached hydrogen (secondary N) is 1. The van der Waals surface area contributed by atoms with Crippen LogP contribution in [0.4, 0.5) is 5.69 Å². The first-order chi connectivity index (χ1) is 12.3. The number of nitrogen functional groups attached to an aromatic ring is 1. The van der Waals surface area contributed by atoms with Gasteiger partial charge in [-0.1, -0.05) is 12.1 Å². The van der Waals surface area contributed by atoms with E-state index >= 15 is 0 Å². The average Bonchev–Trinajstić information content (AvgIpc) is 3.28. The maximum Gasteiger partial charge on any atom is 0.140 e. The van der Waals surface area contributed by atoms with E-state index in [0.29, 0.717) is 18.7 Å². The Kier molecular flexibility index (Phi) is 3.78. The summed E-state index contributed by atoms with van der Waals surface area (Å²) >= 11 is 0. The van der Waals surface area contributed by atoms with Crippen molar-refractivity contribution < 1.29 is 0 Å². The highest BCUT2D eigenvalue weighted by Gasteiger charge is 2.28. The van der Waals surface area contributed by atoms with Crippen LogP contribution >= 0.6 is 0 Å². The molecule has 7 heteroatoms. The first-order valence-electron chi connectivity index (χ1n) is 8.07. The molecule has 0 spiro atoms. The fraction of sp³-hybridized carbons (Fsp3) is 0.222. The SMILES string of the molecule is N#CCC(c1cccc(N)c1)N1CC(c2ncnc3[nH]ccc23)C=N1. The number of H-pyrrole nitrogens is 1. The molecule has 25 heavy (non-hydrogen) atoms. The fourth-order valence-electron chi connectivity index (χ4n) is 3.26. The van der Waals surface area contributed by atoms with Gasteiger partial charge in [0.25, 0.3) is 0 Å². The average molecular weight is 331 g/mol. The number of aromatic amines is 1. The molecule has 3 aromatic rings. The van der Waals surface area contributed by atoms with Gasteiger partial charge in [-0.2, -0.15) is 10.4 Å². The van der Waals surface area contributed by atoms with Crippen molar-refractivity contribution in [2.75, 3.05) is 12.3 Å². The van der Waals surface area contributed by atoms with Crippen LogP contribution in [-0.4, -0.2) is 32.7 Å². The lowest BCUT2D eigenvalue weighted by atomic mass is 10.0. The summed E-state index contributed by atoms with van der Waals surface area (Å²) in [4.78, 5) is 11.8. The van der Waals surface area contributed by atoms with Crippen molar-refractivity contribution in [3.63, 3.8) is 0 Å². The number of anilines is 1. The van der Waals surface area contributed by atoms with Crippen LogP contribution in [0.5, 0.6) is 0 Å². The molecule has 1 aliphatic heterocycles. The molecule has 2 unspecified atom stereocenters. The minimum absolute atomic E-state index is 0.0588. The predicted molar refractivity (Wildman–Crippen MR) is 95.7 cm³/mol. The molecule has 1 aromatic carbocycles. The summed E-state index contributed by atoms with van der Waals surface area (Å²) in [6.45, 7) is 0.665. The molecule has 0 saturated heterocycles. The van der Waals surface area contributed by atoms with Crippen LogP contribution in [0.3, 0.4) is 0 Å². The number of benzene rings is 1. The van der Waals surface area contributed by atoms with Crippen LogP contribution in [0.15, 0.2) is 48.0 Å². The number of nitriles is 1. The van der Waals surface area contributed by atoms with Crippen LogP contribution in [-0.2, 0) is 0 Å². The minimum Gasteiger partial charge on any atom is -0.399 e. The van der Waals surface area contributed by atoms with E-state index in [4.69, 9.17) is 5.73 Å². The number of hydrazone groups is 1. The number of aromatic nitrogens is 3. The van der Waals surface area contributed by atoms with Crippen molar-refractivity contribution in [2.45, 2.75) is 18.4 Å². The molecule has 3 heterocycles. The zero-order valence-corrected chi connectivity index (χ0v) is 13.5. The van der Waals surface area contributed by atoms with Crippen molar-refractivity contribution in [2.24, 2.45) is 5.10 Å². The van der Waals surface area contributed by atoms with Crippen molar-refractivity contribution in [1.29, 1.82) is 5.26 Å². The quantitative estimate of drug-likeness (QED) is 0.715. The smallest absolute Gasteiger partial charge is 0.140 e. The molecule has 4 rings (SSSR count). The second-order valence-electron chi connectivity index (χ2n) is 6.04. The Morgan fingerprint density at radius 3 is 3.12 bits per heavy atom. The second-order valence-corrected chi connectivity index (χ2v) is 6.04. The lowest BCUT2D eigenvalue weighted by Crippen LogP contribution is -2.24. The van der Waals surface area contributed by atoms with Gasteiger partial charge in [-0.05, 0) is 23.8 Å². The van der Waals surface area contributed by atoms with Gasteiger partial charge in [-0.15, -0.1) is 0 Å². The first kappa shape index (κ1) is 15.1. The molecular formula is C18H17N7. The summed E-state index contributed by atoms with van der Waals surface area (Å²) in [6, 6.07) is 11.7. The van der Waals surface area contributed by atoms with Gasteiger partial charge in [0.05, 0.1) is 36.7 Å². The van der Waals surface area contributed by atoms with Crippen LogP contribution in [0.1, 0.15) is 29.6 Å². The monoisotopic (exact) mass is 331 g/mol. The Morgan fingerprint density at radius 2 is 2.28 bits per heavy atom. The zero-order valence-electron chi connectivity index (χ0n) is 13.5. The van der Waals surface area contributed by atoms with Gasteiger partial charge in [-0.3, -0.25) is 5.01 Å². The van der Waals surface area contributed by atoms with Crippen molar-refractivity contribution in [1.82, 2.24) is 20.0 Å². The van der Waals surface area contributed by atoms with Gasteiger partial charge in [0.2, 0.25) is 0 Å². The van der Waals surface area contributed by atoms with Gasteiger partial charge in [0, 0.05) is 23.5 Å². The number of rotatable bonds is 4. The molecule has 0 bridgehead atoms. The van der Waals surface area contributed by atoms with Gasteiger partial charge in [0.15, 0.2) is 0 Å². The molecule has 2 aromatic heterocycles. The van der Waals surface area contributed by atoms with Gasteiger partial charge in [0.1, 0.15) is 12.0 Å². The van der Waals surface area contributed by atoms with E-state index < -0.39 is 0 Å². The van der Waals surface area contributed by atoms with Gasteiger partial charge < -0.3 is 10.7 Å². The molecular weight excluding hydrogens is 314 g/mol. The molecule has 0 amide bonds. The molecule has 0 aliphatic carbocycles. The Morgan fingerprint density at radius 1 is 1.36 bits per heavy atom. The molecule has 0 saturated carbocycles. The maximum absolute atomic E-state index is 9.24. The molecule has 0 radical (unpaired) electrons. The summed E-state index contributed by atoms with van der Waals surface area (Å²) in [5.41, 5.74) is 9.34. The highest BCUT2D eigenvalue weighted by molar-refractivity contribution is 5.83. The normalized spacial score (nSPS) is 17.7. The molecule has 3 N–H and O–H groups in total. The Hall–Kier alpha value is -3.40. The summed E-state index contributed by atoms with van der Waals surface area (Å²) < 4.78 is 0. The molecule has 124 valence electrons. The first-order valence-corrected chi connectivity index (χ1v) is 8.07. The number of hydrogen-bond acceptors (Lipinski definition) is 6. The van der Waals surface area contributed by atoms with E-state index in [9.17, 15) is 5.26 Å². The topological polar surface area (TPSA) is 107 Å². The highest BCUT2D eigenvalue weighted by atomic mass is 15.5. The van der Waals surface area contributed by atoms with Gasteiger partial charge >= 0.3 is 0 Å². The molecule has 0 fully saturated rings. The third kappa shape index (κ3) is 2.78. The lowest BCUT2D eigenvalue weighted by molar-refractivity contribution is 0.225. The summed E-state index contributed by atoms with van der Waals surface area (Å²) in [7, 11) is 0. The highest BCUT2D eigenvalue weighted by Crippen LogP contribution is 2.32. The van der Waals surface area contributed by atoms with Crippen molar-refractivity contribution in [3.8, 4) is 6.07 Å². The fourth-order valence-corrected chi connectivity index (χ4v) is 3.26. The Labute approximate surface area is 144 Å². The predicted octanol–water partition coefficient (Wildman–Crippen LogP) is 2.58. The minimum atomic E-state index is -0.127. The third-order valence-electron chi connectivity index (χ3n) is 4.45. The van der Waals surface area contributed by atoms with Crippen LogP contribution < -0.4 is 5.73 Å². The largest absolute Gasteiger partial charge is 0.399 e. The lowest BCUT2D eigenvalue weighted by Gasteiger charge is -2.26. The summed E-state index contributed by atoms with van der Waals surface area (Å²) in [5, 5.41) is 16.7. The molecule has 7 nitrogen and oxygen atoms in total. The van der Waals surface area contributed by atoms with Crippen molar-refractivity contribution in [3.05, 3.63) is 54.1 Å². The van der Waals surface area contributed by atoms with E-state index in [1.54, 1.807) is 6.33 Å². The van der Waals surface area contributed by atoms with E-state index in [-0.39, 0.29) is 12.0 Å². The zero-order chi connectivity index (χ0) is 17.2. The molecule has 1 aliphatic rings. The van der Waals surface area contributed by atoms with Crippen LogP contribution in [0.2, 0.25) is 0 Å². The maximum atomic E-state index is 9.24. The number of hydrogen-bond donors (Lipinski definition) is 2. The van der Waals surface area contributed by atoms with E-state index in [1.165, 1.54) is 0 Å². The van der Waals surface area contributed by atoms with Crippen molar-refractivity contribution >= 4 is 22.9 Å². The summed E-state index contributed by atoms with van der Waals surface area (Å²) in [6.07, 6.45) is 5.66. The number of nitrogens with two attached hydrogens (primary N) is 1. The Balaban J connectivity index is 1.62. The number of nitrogens with zero attached hydrogens (tertiary/aromatic N) is 5. The van der Waals surface area contributed by atoms with E-state index in [1.807, 2.05) is 47.8 Å². The van der Waals surface area contributed by atoms with Gasteiger partial charge in [-0.25, -0.2) is 9.97 Å². The molecule has 2 atom stereocenters. The standard InChI is InChI=1S/C18H17N7/c19-6-4-16(12-2-1-3-14(20)8-12)25-10-13(9-24-25)17-15-5-7-21-18(15)23-11-22-17/h1-3,5,7-9,11,13,16H,4,10,20H2,(H,21,22,23). The van der Waals surface area contributed by atoms with E-state index in [2.05, 4.69) is 26.1 Å². The van der Waals surface area contributed by atoms with Crippen LogP contribution in [0.25, 0.3) is 11.0 Å². The van der Waals surface area contributed by atoms with E-state index in [0.717, 1.165) is 22.3 Å².